The number of hydrogen-bond acceptors (Lipinski definition) is 2. The second-order valence-electron chi connectivity index (χ2n) is 1.59. The van der Waals surface area contributed by atoms with Crippen LogP contribution in [-0.2, 0) is 4.79 Å². The van der Waals surface area contributed by atoms with E-state index in [4.69, 9.17) is 10.8 Å². The Labute approximate surface area is 50.5 Å². The molecule has 0 aliphatic carbocycles. The number of aliphatic carboxylic acids is 1. The molecule has 0 aromatic heterocycles. The van der Waals surface area contributed by atoms with E-state index in [1.54, 1.807) is 0 Å². The molecule has 0 bridgehead atoms. The maximum absolute atomic E-state index is 9.88. The normalized spacial score (nSPS) is 13.2. The van der Waals surface area contributed by atoms with Crippen LogP contribution >= 0.6 is 9.24 Å². The summed E-state index contributed by atoms with van der Waals surface area (Å²) in [7, 11) is 2.40. The summed E-state index contributed by atoms with van der Waals surface area (Å²) in [5, 5.41) is 8.13. The summed E-state index contributed by atoms with van der Waals surface area (Å²) in [5.41, 5.74) is 5.27. The number of hydrogen-bond donors (Lipinski definition) is 2. The predicted molar refractivity (Wildman–Crippen MR) is 34.8 cm³/mol. The highest BCUT2D eigenvalue weighted by Crippen LogP contribution is 1.91. The summed E-state index contributed by atoms with van der Waals surface area (Å²) < 4.78 is 0. The van der Waals surface area contributed by atoms with Gasteiger partial charge in [-0.3, -0.25) is 4.79 Å². The Kier molecular flexibility index (Phi) is 3.75. The molecule has 0 saturated carbocycles. The molecule has 8 heavy (non-hydrogen) atoms. The zero-order chi connectivity index (χ0) is 6.57. The van der Waals surface area contributed by atoms with Gasteiger partial charge in [0.1, 0.15) is 0 Å². The smallest absolute Gasteiger partial charge is 0.304 e. The minimum Gasteiger partial charge on any atom is -0.481 e. The van der Waals surface area contributed by atoms with Crippen LogP contribution in [0.1, 0.15) is 6.42 Å². The molecule has 1 unspecified atom stereocenters. The standard InChI is InChI=1S/C4H10NO2P/c5-3(2-8)1-4(6)7/h3H,1-2,5,8H2,(H,6,7)/t3-/m0/s1. The molecule has 0 fully saturated rings. The highest BCUT2D eigenvalue weighted by atomic mass is 31.0. The molecule has 0 aromatic rings. The lowest BCUT2D eigenvalue weighted by atomic mass is 10.2. The number of carboxylic acids is 1. The van der Waals surface area contributed by atoms with Crippen molar-refractivity contribution in [3.05, 3.63) is 0 Å². The molecule has 48 valence electrons. The van der Waals surface area contributed by atoms with E-state index in [0.29, 0.717) is 6.16 Å². The van der Waals surface area contributed by atoms with Gasteiger partial charge in [-0.1, -0.05) is 0 Å². The summed E-state index contributed by atoms with van der Waals surface area (Å²) >= 11 is 0. The van der Waals surface area contributed by atoms with Gasteiger partial charge in [0.05, 0.1) is 6.42 Å². The second-order valence-corrected chi connectivity index (χ2v) is 2.07. The van der Waals surface area contributed by atoms with E-state index in [-0.39, 0.29) is 12.5 Å². The van der Waals surface area contributed by atoms with Gasteiger partial charge in [-0.05, 0) is 6.16 Å². The van der Waals surface area contributed by atoms with Crippen LogP contribution in [0, 0.1) is 0 Å². The van der Waals surface area contributed by atoms with E-state index >= 15 is 0 Å². The molecule has 0 rings (SSSR count). The van der Waals surface area contributed by atoms with Crippen molar-refractivity contribution in [3.63, 3.8) is 0 Å². The molecule has 0 aromatic carbocycles. The fourth-order valence-corrected chi connectivity index (χ4v) is 0.474. The lowest BCUT2D eigenvalue weighted by molar-refractivity contribution is -0.137. The van der Waals surface area contributed by atoms with E-state index in [1.165, 1.54) is 0 Å². The first-order valence-corrected chi connectivity index (χ1v) is 3.16. The molecule has 0 radical (unpaired) electrons. The first-order valence-electron chi connectivity index (χ1n) is 2.34. The lowest BCUT2D eigenvalue weighted by Crippen LogP contribution is -2.24. The zero-order valence-corrected chi connectivity index (χ0v) is 5.66. The third-order valence-corrected chi connectivity index (χ3v) is 1.35. The van der Waals surface area contributed by atoms with Gasteiger partial charge < -0.3 is 10.8 Å². The monoisotopic (exact) mass is 135 g/mol. The molecular weight excluding hydrogens is 125 g/mol. The molecule has 0 aliphatic heterocycles. The van der Waals surface area contributed by atoms with Gasteiger partial charge in [0, 0.05) is 6.04 Å². The fraction of sp³-hybridized carbons (Fsp3) is 0.750. The van der Waals surface area contributed by atoms with E-state index in [0.717, 1.165) is 0 Å². The van der Waals surface area contributed by atoms with Crippen molar-refractivity contribution in [1.82, 2.24) is 0 Å². The minimum absolute atomic E-state index is 0.0590. The Morgan fingerprint density at radius 1 is 1.88 bits per heavy atom. The summed E-state index contributed by atoms with van der Waals surface area (Å²) in [6, 6.07) is -0.211. The van der Waals surface area contributed by atoms with Gasteiger partial charge in [-0.2, -0.15) is 0 Å². The highest BCUT2D eigenvalue weighted by Gasteiger charge is 2.03. The Balaban J connectivity index is 3.24. The fourth-order valence-electron chi connectivity index (χ4n) is 0.308. The molecule has 3 N–H and O–H groups in total. The Morgan fingerprint density at radius 2 is 2.38 bits per heavy atom. The quantitative estimate of drug-likeness (QED) is 0.520. The maximum Gasteiger partial charge on any atom is 0.304 e. The van der Waals surface area contributed by atoms with E-state index in [9.17, 15) is 4.79 Å². The molecule has 4 heteroatoms. The average molecular weight is 135 g/mol. The van der Waals surface area contributed by atoms with Crippen LogP contribution in [0.4, 0.5) is 0 Å². The summed E-state index contributed by atoms with van der Waals surface area (Å²) in [6.45, 7) is 0. The maximum atomic E-state index is 9.88. The van der Waals surface area contributed by atoms with E-state index in [1.807, 2.05) is 0 Å². The van der Waals surface area contributed by atoms with Crippen LogP contribution in [-0.4, -0.2) is 23.3 Å². The van der Waals surface area contributed by atoms with Crippen molar-refractivity contribution in [2.45, 2.75) is 12.5 Å². The van der Waals surface area contributed by atoms with Gasteiger partial charge in [0.2, 0.25) is 0 Å². The molecule has 0 heterocycles. The summed E-state index contributed by atoms with van der Waals surface area (Å²) in [4.78, 5) is 9.88. The van der Waals surface area contributed by atoms with Crippen molar-refractivity contribution in [1.29, 1.82) is 0 Å². The third-order valence-electron chi connectivity index (χ3n) is 0.740. The first kappa shape index (κ1) is 7.86. The van der Waals surface area contributed by atoms with Crippen LogP contribution < -0.4 is 5.73 Å². The second kappa shape index (κ2) is 3.81. The van der Waals surface area contributed by atoms with Crippen molar-refractivity contribution in [2.24, 2.45) is 5.73 Å². The van der Waals surface area contributed by atoms with Crippen molar-refractivity contribution < 1.29 is 9.90 Å². The zero-order valence-electron chi connectivity index (χ0n) is 4.50. The van der Waals surface area contributed by atoms with Crippen molar-refractivity contribution >= 4 is 15.2 Å². The number of carbonyl (C=O) groups is 1. The van der Waals surface area contributed by atoms with E-state index in [2.05, 4.69) is 9.24 Å². The van der Waals surface area contributed by atoms with Crippen LogP contribution in [0.25, 0.3) is 0 Å². The molecule has 0 amide bonds. The number of nitrogens with two attached hydrogens (primary N) is 1. The van der Waals surface area contributed by atoms with Crippen LogP contribution in [0.5, 0.6) is 0 Å². The summed E-state index contributed by atoms with van der Waals surface area (Å²) in [5.74, 6) is -0.833. The first-order chi connectivity index (χ1) is 3.66. The minimum atomic E-state index is -0.833. The van der Waals surface area contributed by atoms with Crippen LogP contribution in [0.2, 0.25) is 0 Å². The molecule has 0 saturated heterocycles. The average Bonchev–Trinajstić information content (AvgIpc) is 1.65. The highest BCUT2D eigenvalue weighted by molar-refractivity contribution is 7.16. The number of rotatable bonds is 3. The number of carboxylic acid groups (broad SMARTS) is 1. The SMILES string of the molecule is N[C@H](CP)CC(=O)O. The van der Waals surface area contributed by atoms with Gasteiger partial charge in [0.25, 0.3) is 0 Å². The molecule has 3 nitrogen and oxygen atoms in total. The Hall–Kier alpha value is -0.140. The summed E-state index contributed by atoms with van der Waals surface area (Å²) in [6.07, 6.45) is 0.704. The van der Waals surface area contributed by atoms with Crippen LogP contribution in [0.15, 0.2) is 0 Å². The predicted octanol–water partition coefficient (Wildman–Crippen LogP) is -0.337. The molecule has 0 spiro atoms. The largest absolute Gasteiger partial charge is 0.481 e. The Bertz CT molecular complexity index is 86.1. The van der Waals surface area contributed by atoms with Gasteiger partial charge >= 0.3 is 5.97 Å². The van der Waals surface area contributed by atoms with Crippen LogP contribution in [0.3, 0.4) is 0 Å². The van der Waals surface area contributed by atoms with Gasteiger partial charge in [-0.25, -0.2) is 0 Å². The Morgan fingerprint density at radius 3 is 2.50 bits per heavy atom. The van der Waals surface area contributed by atoms with E-state index < -0.39 is 5.97 Å². The third kappa shape index (κ3) is 4.03. The topological polar surface area (TPSA) is 63.3 Å². The molecule has 0 aliphatic rings. The van der Waals surface area contributed by atoms with Crippen molar-refractivity contribution in [3.8, 4) is 0 Å². The lowest BCUT2D eigenvalue weighted by Gasteiger charge is -2.01. The van der Waals surface area contributed by atoms with Gasteiger partial charge in [-0.15, -0.1) is 9.24 Å². The molecule has 2 atom stereocenters. The molecular formula is C4H10NO2P. The van der Waals surface area contributed by atoms with Gasteiger partial charge in [0.15, 0.2) is 0 Å². The van der Waals surface area contributed by atoms with Crippen molar-refractivity contribution in [2.75, 3.05) is 6.16 Å².